The average Bonchev–Trinajstić information content (AvgIpc) is 3.04. The number of imidazole rings is 1. The maximum atomic E-state index is 14.5. The van der Waals surface area contributed by atoms with Crippen LogP contribution < -0.4 is 0 Å². The summed E-state index contributed by atoms with van der Waals surface area (Å²) >= 11 is 0. The lowest BCUT2D eigenvalue weighted by molar-refractivity contribution is -0.137. The van der Waals surface area contributed by atoms with Crippen molar-refractivity contribution in [2.75, 3.05) is 0 Å². The summed E-state index contributed by atoms with van der Waals surface area (Å²) in [7, 11) is 0. The van der Waals surface area contributed by atoms with Crippen LogP contribution in [0.1, 0.15) is 5.56 Å². The van der Waals surface area contributed by atoms with E-state index in [1.165, 1.54) is 24.5 Å². The number of nitrogens with zero attached hydrogens (tertiary/aromatic N) is 3. The molecule has 4 nitrogen and oxygen atoms in total. The predicted octanol–water partition coefficient (Wildman–Crippen LogP) is 4.84. The van der Waals surface area contributed by atoms with Gasteiger partial charge in [-0.15, -0.1) is 0 Å². The topological polar surface area (TPSA) is 54.5 Å². The summed E-state index contributed by atoms with van der Waals surface area (Å²) in [6.07, 6.45) is 0.0323. The van der Waals surface area contributed by atoms with E-state index in [4.69, 9.17) is 0 Å². The van der Waals surface area contributed by atoms with Crippen LogP contribution in [0.25, 0.3) is 33.5 Å². The van der Waals surface area contributed by atoms with E-state index < -0.39 is 17.6 Å². The van der Waals surface area contributed by atoms with Crippen molar-refractivity contribution >= 4 is 11.0 Å². The van der Waals surface area contributed by atoms with Gasteiger partial charge >= 0.3 is 6.18 Å². The van der Waals surface area contributed by atoms with Gasteiger partial charge in [-0.25, -0.2) is 19.3 Å². The Morgan fingerprint density at radius 1 is 0.885 bits per heavy atom. The van der Waals surface area contributed by atoms with E-state index in [-0.39, 0.29) is 16.9 Å². The van der Waals surface area contributed by atoms with E-state index in [0.717, 1.165) is 12.1 Å². The van der Waals surface area contributed by atoms with Crippen molar-refractivity contribution in [3.63, 3.8) is 0 Å². The van der Waals surface area contributed by atoms with Gasteiger partial charge in [0.1, 0.15) is 18.0 Å². The highest BCUT2D eigenvalue weighted by molar-refractivity contribution is 5.80. The quantitative estimate of drug-likeness (QED) is 0.522. The van der Waals surface area contributed by atoms with Gasteiger partial charge < -0.3 is 4.98 Å². The van der Waals surface area contributed by atoms with Crippen molar-refractivity contribution in [3.8, 4) is 22.5 Å². The maximum absolute atomic E-state index is 14.5. The largest absolute Gasteiger partial charge is 0.416 e. The van der Waals surface area contributed by atoms with Gasteiger partial charge in [0.2, 0.25) is 0 Å². The molecule has 26 heavy (non-hydrogen) atoms. The van der Waals surface area contributed by atoms with Crippen LogP contribution in [-0.4, -0.2) is 19.9 Å². The average molecular weight is 358 g/mol. The molecule has 0 amide bonds. The summed E-state index contributed by atoms with van der Waals surface area (Å²) in [5.41, 5.74) is 1.12. The summed E-state index contributed by atoms with van der Waals surface area (Å²) in [5.74, 6) is -0.394. The van der Waals surface area contributed by atoms with Crippen LogP contribution in [0.5, 0.6) is 0 Å². The molecule has 0 spiro atoms. The van der Waals surface area contributed by atoms with E-state index in [1.54, 1.807) is 18.5 Å². The van der Waals surface area contributed by atoms with Crippen LogP contribution >= 0.6 is 0 Å². The Morgan fingerprint density at radius 3 is 2.35 bits per heavy atom. The van der Waals surface area contributed by atoms with Crippen LogP contribution in [0, 0.1) is 5.82 Å². The van der Waals surface area contributed by atoms with Crippen LogP contribution in [0.2, 0.25) is 0 Å². The molecular formula is C18H10F4N4. The number of alkyl halides is 3. The molecule has 0 unspecified atom stereocenters. The molecule has 0 radical (unpaired) electrons. The molecule has 0 aliphatic rings. The van der Waals surface area contributed by atoms with E-state index in [9.17, 15) is 17.6 Å². The summed E-state index contributed by atoms with van der Waals surface area (Å²) in [6, 6.07) is 7.65. The monoisotopic (exact) mass is 358 g/mol. The number of benzene rings is 2. The molecule has 130 valence electrons. The first kappa shape index (κ1) is 16.2. The van der Waals surface area contributed by atoms with Gasteiger partial charge in [-0.3, -0.25) is 0 Å². The van der Waals surface area contributed by atoms with E-state index in [0.29, 0.717) is 16.6 Å². The molecule has 1 N–H and O–H groups in total. The summed E-state index contributed by atoms with van der Waals surface area (Å²) in [5, 5.41) is 0. The van der Waals surface area contributed by atoms with Crippen molar-refractivity contribution in [2.24, 2.45) is 0 Å². The Labute approximate surface area is 144 Å². The van der Waals surface area contributed by atoms with Gasteiger partial charge in [0.05, 0.1) is 22.2 Å². The first-order chi connectivity index (χ1) is 12.4. The lowest BCUT2D eigenvalue weighted by Crippen LogP contribution is -2.04. The van der Waals surface area contributed by atoms with Crippen LogP contribution in [0.15, 0.2) is 55.1 Å². The number of nitrogens with one attached hydrogen (secondary N) is 1. The summed E-state index contributed by atoms with van der Waals surface area (Å²) in [6.45, 7) is 0. The number of fused-ring (bicyclic) bond motifs is 1. The molecule has 0 atom stereocenters. The smallest absolute Gasteiger partial charge is 0.338 e. The molecule has 8 heteroatoms. The van der Waals surface area contributed by atoms with Crippen molar-refractivity contribution < 1.29 is 17.6 Å². The van der Waals surface area contributed by atoms with Crippen LogP contribution in [0.4, 0.5) is 17.6 Å². The predicted molar refractivity (Wildman–Crippen MR) is 87.5 cm³/mol. The Balaban J connectivity index is 1.75. The van der Waals surface area contributed by atoms with E-state index >= 15 is 0 Å². The SMILES string of the molecule is Fc1cc(-c2cncnc2)ccc1-c1nc2ccc(C(F)(F)F)cc2[nH]1. The Hall–Kier alpha value is -3.29. The normalized spacial score (nSPS) is 11.8. The first-order valence-electron chi connectivity index (χ1n) is 7.54. The Kier molecular flexibility index (Phi) is 3.68. The van der Waals surface area contributed by atoms with Gasteiger partial charge in [0, 0.05) is 18.0 Å². The van der Waals surface area contributed by atoms with Gasteiger partial charge in [-0.1, -0.05) is 6.07 Å². The van der Waals surface area contributed by atoms with Gasteiger partial charge in [-0.05, 0) is 35.9 Å². The van der Waals surface area contributed by atoms with Crippen molar-refractivity contribution in [2.45, 2.75) is 6.18 Å². The third-order valence-corrected chi connectivity index (χ3v) is 3.93. The minimum Gasteiger partial charge on any atom is -0.338 e. The molecule has 0 saturated carbocycles. The number of rotatable bonds is 2. The van der Waals surface area contributed by atoms with Gasteiger partial charge in [0.15, 0.2) is 0 Å². The number of aromatic nitrogens is 4. The second-order valence-electron chi connectivity index (χ2n) is 5.64. The molecule has 0 fully saturated rings. The molecule has 0 aliphatic heterocycles. The molecule has 2 aromatic carbocycles. The fraction of sp³-hybridized carbons (Fsp3) is 0.0556. The van der Waals surface area contributed by atoms with Crippen LogP contribution in [-0.2, 0) is 6.18 Å². The fourth-order valence-electron chi connectivity index (χ4n) is 2.65. The Bertz CT molecular complexity index is 1090. The van der Waals surface area contributed by atoms with Crippen LogP contribution in [0.3, 0.4) is 0 Å². The third-order valence-electron chi connectivity index (χ3n) is 3.93. The first-order valence-corrected chi connectivity index (χ1v) is 7.54. The minimum atomic E-state index is -4.45. The molecule has 4 aromatic rings. The lowest BCUT2D eigenvalue weighted by atomic mass is 10.1. The molecule has 0 bridgehead atoms. The maximum Gasteiger partial charge on any atom is 0.416 e. The second kappa shape index (κ2) is 5.91. The second-order valence-corrected chi connectivity index (χ2v) is 5.64. The van der Waals surface area contributed by atoms with Gasteiger partial charge in [-0.2, -0.15) is 13.2 Å². The van der Waals surface area contributed by atoms with Crippen molar-refractivity contribution in [3.05, 3.63) is 66.5 Å². The number of aromatic amines is 1. The molecule has 2 heterocycles. The number of halogens is 4. The highest BCUT2D eigenvalue weighted by atomic mass is 19.4. The standard InChI is InChI=1S/C18H10F4N4/c19-14-5-10(11-7-23-9-24-8-11)1-3-13(14)17-25-15-4-2-12(18(20,21)22)6-16(15)26-17/h1-9H,(H,25,26). The summed E-state index contributed by atoms with van der Waals surface area (Å²) < 4.78 is 53.0. The zero-order valence-electron chi connectivity index (χ0n) is 13.0. The number of hydrogen-bond acceptors (Lipinski definition) is 3. The van der Waals surface area contributed by atoms with Gasteiger partial charge in [0.25, 0.3) is 0 Å². The molecule has 4 rings (SSSR count). The summed E-state index contributed by atoms with van der Waals surface area (Å²) in [4.78, 5) is 14.7. The minimum absolute atomic E-state index is 0.160. The molecular weight excluding hydrogens is 348 g/mol. The Morgan fingerprint density at radius 2 is 1.65 bits per heavy atom. The van der Waals surface area contributed by atoms with E-state index in [1.807, 2.05) is 0 Å². The highest BCUT2D eigenvalue weighted by Gasteiger charge is 2.30. The number of hydrogen-bond donors (Lipinski definition) is 1. The third kappa shape index (κ3) is 2.90. The lowest BCUT2D eigenvalue weighted by Gasteiger charge is -2.05. The highest BCUT2D eigenvalue weighted by Crippen LogP contribution is 2.32. The zero-order valence-corrected chi connectivity index (χ0v) is 13.0. The molecule has 2 aromatic heterocycles. The van der Waals surface area contributed by atoms with E-state index in [2.05, 4.69) is 19.9 Å². The van der Waals surface area contributed by atoms with Crippen molar-refractivity contribution in [1.82, 2.24) is 19.9 Å². The van der Waals surface area contributed by atoms with Crippen molar-refractivity contribution in [1.29, 1.82) is 0 Å². The molecule has 0 aliphatic carbocycles. The zero-order chi connectivity index (χ0) is 18.3. The fourth-order valence-corrected chi connectivity index (χ4v) is 2.65. The number of H-pyrrole nitrogens is 1. The molecule has 0 saturated heterocycles.